The van der Waals surface area contributed by atoms with Crippen molar-refractivity contribution in [2.45, 2.75) is 25.9 Å². The number of tetrazole rings is 1. The van der Waals surface area contributed by atoms with E-state index in [2.05, 4.69) is 20.4 Å². The number of alkyl halides is 1. The number of benzene rings is 1. The second-order valence-corrected chi connectivity index (χ2v) is 6.30. The van der Waals surface area contributed by atoms with Crippen LogP contribution < -0.4 is 4.90 Å². The molecule has 1 saturated heterocycles. The van der Waals surface area contributed by atoms with Crippen molar-refractivity contribution in [1.29, 1.82) is 0 Å². The fraction of sp³-hybridized carbons (Fsp3) is 0.278. The van der Waals surface area contributed by atoms with Gasteiger partial charge in [-0.3, -0.25) is 9.88 Å². The summed E-state index contributed by atoms with van der Waals surface area (Å²) >= 11 is 0. The lowest BCUT2D eigenvalue weighted by atomic mass is 10.1. The monoisotopic (exact) mass is 402 g/mol. The van der Waals surface area contributed by atoms with Crippen LogP contribution in [-0.2, 0) is 11.3 Å². The molecule has 0 radical (unpaired) electrons. The minimum Gasteiger partial charge on any atom is -0.438 e. The molecule has 2 atom stereocenters. The van der Waals surface area contributed by atoms with Gasteiger partial charge in [0.15, 0.2) is 6.10 Å². The van der Waals surface area contributed by atoms with Gasteiger partial charge in [0, 0.05) is 17.3 Å². The molecule has 3 aromatic rings. The second-order valence-electron chi connectivity index (χ2n) is 6.30. The van der Waals surface area contributed by atoms with Gasteiger partial charge in [0.05, 0.1) is 18.8 Å². The van der Waals surface area contributed by atoms with Crippen LogP contribution >= 0.6 is 0 Å². The van der Waals surface area contributed by atoms with Crippen LogP contribution in [0, 0.1) is 5.82 Å². The summed E-state index contributed by atoms with van der Waals surface area (Å²) in [6, 6.07) is 7.47. The zero-order valence-corrected chi connectivity index (χ0v) is 15.2. The Morgan fingerprint density at radius 1 is 1.34 bits per heavy atom. The predicted octanol–water partition coefficient (Wildman–Crippen LogP) is 2.17. The quantitative estimate of drug-likeness (QED) is 0.697. The molecule has 0 saturated carbocycles. The molecule has 1 amide bonds. The predicted molar refractivity (Wildman–Crippen MR) is 96.8 cm³/mol. The number of ether oxygens (including phenoxy) is 1. The van der Waals surface area contributed by atoms with Crippen LogP contribution in [0.25, 0.3) is 22.6 Å². The maximum atomic E-state index is 14.7. The number of aliphatic hydroxyl groups excluding tert-OH is 1. The number of aromatic nitrogens is 5. The summed E-state index contributed by atoms with van der Waals surface area (Å²) in [6.07, 6.45) is -2.97. The molecule has 1 aromatic carbocycles. The summed E-state index contributed by atoms with van der Waals surface area (Å²) in [4.78, 5) is 18.6. The van der Waals surface area contributed by atoms with Crippen molar-refractivity contribution in [2.24, 2.45) is 0 Å². The topological polar surface area (TPSA) is 106 Å². The van der Waals surface area contributed by atoms with Crippen molar-refractivity contribution < 1.29 is 23.4 Å². The van der Waals surface area contributed by atoms with E-state index in [9.17, 15) is 13.6 Å². The van der Waals surface area contributed by atoms with Crippen LogP contribution in [-0.4, -0.2) is 55.4 Å². The maximum Gasteiger partial charge on any atom is 0.414 e. The number of amides is 1. The number of aliphatic hydroxyl groups is 1. The maximum absolute atomic E-state index is 14.7. The highest BCUT2D eigenvalue weighted by atomic mass is 19.1. The number of carbonyl (C=O) groups is 1. The van der Waals surface area contributed by atoms with Crippen LogP contribution in [0.4, 0.5) is 19.3 Å². The Morgan fingerprint density at radius 3 is 2.76 bits per heavy atom. The Bertz CT molecular complexity index is 1040. The summed E-state index contributed by atoms with van der Waals surface area (Å²) in [5.41, 5.74) is 1.49. The Balaban J connectivity index is 1.56. The molecule has 1 N–H and O–H groups in total. The Hall–Kier alpha value is -3.47. The molecule has 1 unspecified atom stereocenters. The fourth-order valence-electron chi connectivity index (χ4n) is 2.91. The lowest BCUT2D eigenvalue weighted by Crippen LogP contribution is -2.28. The van der Waals surface area contributed by atoms with Gasteiger partial charge in [-0.05, 0) is 36.4 Å². The van der Waals surface area contributed by atoms with Gasteiger partial charge >= 0.3 is 6.09 Å². The second kappa shape index (κ2) is 7.51. The van der Waals surface area contributed by atoms with Gasteiger partial charge in [-0.15, -0.1) is 10.2 Å². The first-order valence-corrected chi connectivity index (χ1v) is 8.80. The zero-order chi connectivity index (χ0) is 20.5. The SMILES string of the molecule is CCn1nnc(-c2ccc(-c3ccc(N4C[C@H](C(O)F)OC4=O)cc3F)cn2)n1. The van der Waals surface area contributed by atoms with Crippen LogP contribution in [0.15, 0.2) is 36.5 Å². The van der Waals surface area contributed by atoms with Gasteiger partial charge in [-0.25, -0.2) is 13.6 Å². The summed E-state index contributed by atoms with van der Waals surface area (Å²) in [7, 11) is 0. The molecule has 150 valence electrons. The number of hydrogen-bond acceptors (Lipinski definition) is 7. The first-order valence-electron chi connectivity index (χ1n) is 8.80. The number of cyclic esters (lactones) is 1. The molecular weight excluding hydrogens is 386 g/mol. The normalized spacial score (nSPS) is 17.4. The first kappa shape index (κ1) is 18.9. The zero-order valence-electron chi connectivity index (χ0n) is 15.2. The van der Waals surface area contributed by atoms with Gasteiger partial charge in [0.25, 0.3) is 0 Å². The lowest BCUT2D eigenvalue weighted by molar-refractivity contribution is -0.0503. The Morgan fingerprint density at radius 2 is 2.17 bits per heavy atom. The van der Waals surface area contributed by atoms with E-state index in [-0.39, 0.29) is 17.8 Å². The molecule has 0 bridgehead atoms. The number of carbonyl (C=O) groups excluding carboxylic acids is 1. The van der Waals surface area contributed by atoms with Gasteiger partial charge in [-0.1, -0.05) is 6.07 Å². The van der Waals surface area contributed by atoms with Crippen molar-refractivity contribution in [2.75, 3.05) is 11.4 Å². The summed E-state index contributed by atoms with van der Waals surface area (Å²) < 4.78 is 32.4. The average molecular weight is 402 g/mol. The van der Waals surface area contributed by atoms with Crippen molar-refractivity contribution >= 4 is 11.8 Å². The van der Waals surface area contributed by atoms with Crippen molar-refractivity contribution in [3.05, 3.63) is 42.3 Å². The highest BCUT2D eigenvalue weighted by Crippen LogP contribution is 2.30. The molecule has 9 nitrogen and oxygen atoms in total. The largest absolute Gasteiger partial charge is 0.438 e. The van der Waals surface area contributed by atoms with Gasteiger partial charge in [0.2, 0.25) is 12.2 Å². The van der Waals surface area contributed by atoms with E-state index in [4.69, 9.17) is 9.84 Å². The molecular formula is C18H16F2N6O3. The third-order valence-electron chi connectivity index (χ3n) is 4.45. The third-order valence-corrected chi connectivity index (χ3v) is 4.45. The summed E-state index contributed by atoms with van der Waals surface area (Å²) in [5, 5.41) is 20.9. The van der Waals surface area contributed by atoms with Gasteiger partial charge < -0.3 is 9.84 Å². The highest BCUT2D eigenvalue weighted by Gasteiger charge is 2.37. The van der Waals surface area contributed by atoms with E-state index in [0.29, 0.717) is 23.6 Å². The van der Waals surface area contributed by atoms with Crippen molar-refractivity contribution in [1.82, 2.24) is 25.2 Å². The van der Waals surface area contributed by atoms with Crippen LogP contribution in [0.1, 0.15) is 6.92 Å². The molecule has 29 heavy (non-hydrogen) atoms. The van der Waals surface area contributed by atoms with E-state index in [1.54, 1.807) is 12.1 Å². The molecule has 0 spiro atoms. The smallest absolute Gasteiger partial charge is 0.414 e. The van der Waals surface area contributed by atoms with Gasteiger partial charge in [0.1, 0.15) is 11.5 Å². The van der Waals surface area contributed by atoms with Crippen LogP contribution in [0.3, 0.4) is 0 Å². The molecule has 2 aromatic heterocycles. The highest BCUT2D eigenvalue weighted by molar-refractivity contribution is 5.90. The van der Waals surface area contributed by atoms with E-state index in [0.717, 1.165) is 11.0 Å². The van der Waals surface area contributed by atoms with Crippen molar-refractivity contribution in [3.63, 3.8) is 0 Å². The van der Waals surface area contributed by atoms with E-state index < -0.39 is 24.4 Å². The molecule has 1 aliphatic rings. The number of halogens is 2. The number of hydrogen-bond donors (Lipinski definition) is 1. The summed E-state index contributed by atoms with van der Waals surface area (Å²) in [6.45, 7) is 2.26. The fourth-order valence-corrected chi connectivity index (χ4v) is 2.91. The van der Waals surface area contributed by atoms with Crippen LogP contribution in [0.5, 0.6) is 0 Å². The molecule has 0 aliphatic carbocycles. The van der Waals surface area contributed by atoms with E-state index in [1.807, 2.05) is 6.92 Å². The number of aryl methyl sites for hydroxylation is 1. The minimum atomic E-state index is -2.30. The summed E-state index contributed by atoms with van der Waals surface area (Å²) in [5.74, 6) is -0.226. The van der Waals surface area contributed by atoms with E-state index in [1.165, 1.54) is 23.1 Å². The number of pyridine rings is 1. The lowest BCUT2D eigenvalue weighted by Gasteiger charge is -2.14. The van der Waals surface area contributed by atoms with E-state index >= 15 is 0 Å². The molecule has 3 heterocycles. The number of nitrogens with zero attached hydrogens (tertiary/aromatic N) is 6. The molecule has 1 aliphatic heterocycles. The Kier molecular flexibility index (Phi) is 4.89. The Labute approximate surface area is 163 Å². The number of rotatable bonds is 5. The molecule has 11 heteroatoms. The standard InChI is InChI=1S/C18H16F2N6O3/c1-2-26-23-17(22-24-26)14-6-3-10(8-21-14)12-5-4-11(7-13(12)19)25-9-15(16(20)27)29-18(25)28/h3-8,15-16,27H,2,9H2,1H3/t15-,16?/m1/s1. The third kappa shape index (κ3) is 3.63. The number of anilines is 1. The minimum absolute atomic E-state index is 0.198. The molecule has 1 fully saturated rings. The van der Waals surface area contributed by atoms with Gasteiger partial charge in [-0.2, -0.15) is 4.80 Å². The average Bonchev–Trinajstić information content (AvgIpc) is 3.35. The van der Waals surface area contributed by atoms with Crippen molar-refractivity contribution in [3.8, 4) is 22.6 Å². The molecule has 4 rings (SSSR count). The first-order chi connectivity index (χ1) is 14.0. The van der Waals surface area contributed by atoms with Crippen LogP contribution in [0.2, 0.25) is 0 Å².